The standard InChI is InChI=1S/C20H34O2/c1-12-10-13-11-14(21)6-8-19(13,2)16-7-9-20(3)15(18(12)16)4-5-17(20)22/h12-18,21-22H,4-11H2,1-3H3/t12-,13+,14-,15-,16-,17-,18-,19-,20-/m0/s1. The molecule has 9 atom stereocenters. The summed E-state index contributed by atoms with van der Waals surface area (Å²) < 4.78 is 0. The Kier molecular flexibility index (Phi) is 3.48. The maximum absolute atomic E-state index is 10.6. The fraction of sp³-hybridized carbons (Fsp3) is 1.00. The zero-order chi connectivity index (χ0) is 15.7. The largest absolute Gasteiger partial charge is 0.393 e. The average Bonchev–Trinajstić information content (AvgIpc) is 2.77. The van der Waals surface area contributed by atoms with Gasteiger partial charge < -0.3 is 10.2 Å². The molecule has 0 spiro atoms. The molecule has 0 amide bonds. The van der Waals surface area contributed by atoms with Gasteiger partial charge in [-0.25, -0.2) is 0 Å². The first kappa shape index (κ1) is 15.4. The Morgan fingerprint density at radius 1 is 0.818 bits per heavy atom. The second kappa shape index (κ2) is 4.96. The third kappa shape index (κ3) is 1.92. The molecule has 126 valence electrons. The Morgan fingerprint density at radius 3 is 2.27 bits per heavy atom. The van der Waals surface area contributed by atoms with Crippen molar-refractivity contribution in [2.75, 3.05) is 0 Å². The van der Waals surface area contributed by atoms with Gasteiger partial charge in [-0.2, -0.15) is 0 Å². The maximum atomic E-state index is 10.6. The quantitative estimate of drug-likeness (QED) is 0.710. The molecule has 0 unspecified atom stereocenters. The van der Waals surface area contributed by atoms with Crippen LogP contribution in [-0.2, 0) is 0 Å². The van der Waals surface area contributed by atoms with E-state index in [0.717, 1.165) is 48.9 Å². The molecule has 0 heterocycles. The highest BCUT2D eigenvalue weighted by atomic mass is 16.3. The van der Waals surface area contributed by atoms with E-state index in [1.54, 1.807) is 0 Å². The number of aliphatic hydroxyl groups is 2. The zero-order valence-electron chi connectivity index (χ0n) is 14.6. The molecule has 0 saturated heterocycles. The van der Waals surface area contributed by atoms with Crippen molar-refractivity contribution in [3.63, 3.8) is 0 Å². The fourth-order valence-electron chi connectivity index (χ4n) is 7.59. The fourth-order valence-corrected chi connectivity index (χ4v) is 7.59. The molecule has 4 aliphatic carbocycles. The SMILES string of the molecule is C[C@H]1C[C@@H]2C[C@@H](O)CC[C@]2(C)[C@H]2CC[C@]3(C)[C@@H](O)CC[C@H]3[C@H]12. The van der Waals surface area contributed by atoms with E-state index in [2.05, 4.69) is 20.8 Å². The smallest absolute Gasteiger partial charge is 0.0596 e. The molecule has 2 nitrogen and oxygen atoms in total. The van der Waals surface area contributed by atoms with Gasteiger partial charge in [0.1, 0.15) is 0 Å². The van der Waals surface area contributed by atoms with Crippen LogP contribution in [0.3, 0.4) is 0 Å². The number of rotatable bonds is 0. The minimum Gasteiger partial charge on any atom is -0.393 e. The molecule has 0 aromatic heterocycles. The predicted molar refractivity (Wildman–Crippen MR) is 88.3 cm³/mol. The van der Waals surface area contributed by atoms with Crippen molar-refractivity contribution in [2.45, 2.75) is 84.3 Å². The van der Waals surface area contributed by atoms with Crippen LogP contribution in [0.25, 0.3) is 0 Å². The van der Waals surface area contributed by atoms with Crippen molar-refractivity contribution >= 4 is 0 Å². The Hall–Kier alpha value is -0.0800. The summed E-state index contributed by atoms with van der Waals surface area (Å²) in [5, 5.41) is 20.7. The van der Waals surface area contributed by atoms with Crippen LogP contribution in [0.1, 0.15) is 72.1 Å². The third-order valence-electron chi connectivity index (χ3n) is 8.95. The van der Waals surface area contributed by atoms with Crippen molar-refractivity contribution in [3.8, 4) is 0 Å². The van der Waals surface area contributed by atoms with Gasteiger partial charge in [-0.15, -0.1) is 0 Å². The summed E-state index contributed by atoms with van der Waals surface area (Å²) in [5.41, 5.74) is 0.637. The lowest BCUT2D eigenvalue weighted by molar-refractivity contribution is -0.153. The van der Waals surface area contributed by atoms with Gasteiger partial charge in [-0.05, 0) is 91.8 Å². The minimum absolute atomic E-state index is 0.0519. The van der Waals surface area contributed by atoms with Crippen LogP contribution in [0.4, 0.5) is 0 Å². The summed E-state index contributed by atoms with van der Waals surface area (Å²) in [6.45, 7) is 7.38. The summed E-state index contributed by atoms with van der Waals surface area (Å²) in [7, 11) is 0. The minimum atomic E-state index is -0.0654. The van der Waals surface area contributed by atoms with E-state index in [1.807, 2.05) is 0 Å². The van der Waals surface area contributed by atoms with E-state index in [4.69, 9.17) is 0 Å². The highest BCUT2D eigenvalue weighted by Gasteiger charge is 2.61. The molecule has 0 aromatic carbocycles. The molecule has 4 saturated carbocycles. The van der Waals surface area contributed by atoms with Crippen LogP contribution in [0, 0.1) is 40.4 Å². The highest BCUT2D eigenvalue weighted by Crippen LogP contribution is 2.67. The summed E-state index contributed by atoms with van der Waals surface area (Å²) in [4.78, 5) is 0. The Balaban J connectivity index is 1.67. The zero-order valence-corrected chi connectivity index (χ0v) is 14.6. The summed E-state index contributed by atoms with van der Waals surface area (Å²) in [5.74, 6) is 3.87. The topological polar surface area (TPSA) is 40.5 Å². The van der Waals surface area contributed by atoms with Crippen LogP contribution >= 0.6 is 0 Å². The van der Waals surface area contributed by atoms with Crippen molar-refractivity contribution < 1.29 is 10.2 Å². The molecule has 2 heteroatoms. The van der Waals surface area contributed by atoms with Crippen LogP contribution < -0.4 is 0 Å². The van der Waals surface area contributed by atoms with Crippen LogP contribution in [0.15, 0.2) is 0 Å². The van der Waals surface area contributed by atoms with E-state index >= 15 is 0 Å². The normalized spacial score (nSPS) is 61.2. The molecule has 0 aliphatic heterocycles. The Bertz CT molecular complexity index is 449. The predicted octanol–water partition coefficient (Wildman–Crippen LogP) is 4.00. The summed E-state index contributed by atoms with van der Waals surface area (Å²) in [6.07, 6.45) is 9.25. The molecular formula is C20H34O2. The van der Waals surface area contributed by atoms with Crippen molar-refractivity contribution in [3.05, 3.63) is 0 Å². The van der Waals surface area contributed by atoms with Gasteiger partial charge >= 0.3 is 0 Å². The first-order valence-electron chi connectivity index (χ1n) is 9.72. The van der Waals surface area contributed by atoms with Crippen LogP contribution in [-0.4, -0.2) is 22.4 Å². The number of fused-ring (bicyclic) bond motifs is 5. The second-order valence-corrected chi connectivity index (χ2v) is 9.77. The number of hydrogen-bond acceptors (Lipinski definition) is 2. The molecule has 0 radical (unpaired) electrons. The first-order chi connectivity index (χ1) is 10.4. The molecule has 0 bridgehead atoms. The lowest BCUT2D eigenvalue weighted by Crippen LogP contribution is -2.56. The maximum Gasteiger partial charge on any atom is 0.0596 e. The van der Waals surface area contributed by atoms with Crippen molar-refractivity contribution in [2.24, 2.45) is 40.4 Å². The monoisotopic (exact) mass is 306 g/mol. The Morgan fingerprint density at radius 2 is 1.50 bits per heavy atom. The molecule has 4 aliphatic rings. The van der Waals surface area contributed by atoms with Gasteiger partial charge in [-0.3, -0.25) is 0 Å². The third-order valence-corrected chi connectivity index (χ3v) is 8.95. The molecule has 22 heavy (non-hydrogen) atoms. The van der Waals surface area contributed by atoms with Gasteiger partial charge in [0.2, 0.25) is 0 Å². The molecule has 0 aromatic rings. The van der Waals surface area contributed by atoms with Gasteiger partial charge in [0.25, 0.3) is 0 Å². The lowest BCUT2D eigenvalue weighted by atomic mass is 9.43. The first-order valence-corrected chi connectivity index (χ1v) is 9.72. The summed E-state index contributed by atoms with van der Waals surface area (Å²) >= 11 is 0. The van der Waals surface area contributed by atoms with E-state index in [0.29, 0.717) is 5.41 Å². The van der Waals surface area contributed by atoms with Gasteiger partial charge in [0.15, 0.2) is 0 Å². The lowest BCUT2D eigenvalue weighted by Gasteiger charge is -2.62. The van der Waals surface area contributed by atoms with E-state index in [1.165, 1.54) is 32.1 Å². The molecular weight excluding hydrogens is 272 g/mol. The summed E-state index contributed by atoms with van der Waals surface area (Å²) in [6, 6.07) is 0. The van der Waals surface area contributed by atoms with Crippen LogP contribution in [0.2, 0.25) is 0 Å². The second-order valence-electron chi connectivity index (χ2n) is 9.77. The van der Waals surface area contributed by atoms with Gasteiger partial charge in [0, 0.05) is 0 Å². The highest BCUT2D eigenvalue weighted by molar-refractivity contribution is 5.10. The number of hydrogen-bond donors (Lipinski definition) is 2. The molecule has 4 fully saturated rings. The van der Waals surface area contributed by atoms with Crippen molar-refractivity contribution in [1.29, 1.82) is 0 Å². The van der Waals surface area contributed by atoms with Gasteiger partial charge in [-0.1, -0.05) is 20.8 Å². The van der Waals surface area contributed by atoms with Crippen LogP contribution in [0.5, 0.6) is 0 Å². The van der Waals surface area contributed by atoms with Gasteiger partial charge in [0.05, 0.1) is 12.2 Å². The van der Waals surface area contributed by atoms with E-state index < -0.39 is 0 Å². The molecule has 4 rings (SSSR count). The molecule has 2 N–H and O–H groups in total. The van der Waals surface area contributed by atoms with Crippen molar-refractivity contribution in [1.82, 2.24) is 0 Å². The van der Waals surface area contributed by atoms with E-state index in [9.17, 15) is 10.2 Å². The number of aliphatic hydroxyl groups excluding tert-OH is 2. The average molecular weight is 306 g/mol. The van der Waals surface area contributed by atoms with E-state index in [-0.39, 0.29) is 17.6 Å². The Labute approximate surface area is 135 Å².